The molecule has 2 bridgehead atoms. The van der Waals surface area contributed by atoms with Gasteiger partial charge in [-0.2, -0.15) is 0 Å². The number of carbonyl (C=O) groups is 1. The molecule has 3 rings (SSSR count). The maximum Gasteiger partial charge on any atom is 0.414 e. The van der Waals surface area contributed by atoms with Gasteiger partial charge in [-0.1, -0.05) is 0 Å². The van der Waals surface area contributed by atoms with E-state index in [0.717, 1.165) is 17.8 Å². The van der Waals surface area contributed by atoms with E-state index in [0.29, 0.717) is 6.54 Å². The van der Waals surface area contributed by atoms with Crippen LogP contribution in [0.3, 0.4) is 0 Å². The molecule has 0 saturated carbocycles. The van der Waals surface area contributed by atoms with Crippen LogP contribution in [0.15, 0.2) is 35.4 Å². The second-order valence-corrected chi connectivity index (χ2v) is 6.44. The number of rotatable bonds is 2. The third kappa shape index (κ3) is 2.66. The van der Waals surface area contributed by atoms with Crippen molar-refractivity contribution in [1.82, 2.24) is 9.88 Å². The van der Waals surface area contributed by atoms with Crippen LogP contribution in [0, 0.1) is 4.91 Å². The molecule has 2 aliphatic rings. The topological polar surface area (TPSA) is 75.1 Å². The Balaban J connectivity index is 1.74. The number of amides is 1. The van der Waals surface area contributed by atoms with Gasteiger partial charge in [0.05, 0.1) is 24.5 Å². The van der Waals surface area contributed by atoms with Crippen molar-refractivity contribution in [2.75, 3.05) is 11.4 Å². The summed E-state index contributed by atoms with van der Waals surface area (Å²) < 4.78 is 5.41. The summed E-state index contributed by atoms with van der Waals surface area (Å²) in [5.41, 5.74) is 1.33. The minimum absolute atomic E-state index is 0.163. The molecule has 2 aliphatic heterocycles. The van der Waals surface area contributed by atoms with Crippen molar-refractivity contribution in [3.8, 4) is 0 Å². The van der Waals surface area contributed by atoms with Crippen LogP contribution >= 0.6 is 0 Å². The van der Waals surface area contributed by atoms with E-state index >= 15 is 0 Å². The molecule has 0 aromatic carbocycles. The van der Waals surface area contributed by atoms with Crippen molar-refractivity contribution in [1.29, 1.82) is 0 Å². The zero-order chi connectivity index (χ0) is 15.9. The van der Waals surface area contributed by atoms with Crippen LogP contribution in [0.4, 0.5) is 16.3 Å². The van der Waals surface area contributed by atoms with Crippen LogP contribution in [-0.4, -0.2) is 34.2 Å². The predicted molar refractivity (Wildman–Crippen MR) is 81.6 cm³/mol. The first-order chi connectivity index (χ1) is 10.4. The lowest BCUT2D eigenvalue weighted by Gasteiger charge is -2.31. The van der Waals surface area contributed by atoms with Gasteiger partial charge >= 0.3 is 6.09 Å². The second kappa shape index (κ2) is 5.08. The number of nitroso groups, excluding NO2 is 1. The van der Waals surface area contributed by atoms with E-state index in [4.69, 9.17) is 4.74 Å². The van der Waals surface area contributed by atoms with E-state index < -0.39 is 5.60 Å². The van der Waals surface area contributed by atoms with E-state index in [2.05, 4.69) is 15.1 Å². The van der Waals surface area contributed by atoms with Crippen molar-refractivity contribution in [3.63, 3.8) is 0 Å². The third-order valence-electron chi connectivity index (χ3n) is 3.60. The zero-order valence-electron chi connectivity index (χ0n) is 12.8. The van der Waals surface area contributed by atoms with Gasteiger partial charge in [0.2, 0.25) is 0 Å². The Labute approximate surface area is 128 Å². The summed E-state index contributed by atoms with van der Waals surface area (Å²) in [6.45, 7) is 6.16. The second-order valence-electron chi connectivity index (χ2n) is 6.44. The Kier molecular flexibility index (Phi) is 3.35. The normalized spacial score (nSPS) is 20.1. The highest BCUT2D eigenvalue weighted by Crippen LogP contribution is 2.37. The molecule has 1 aromatic heterocycles. The first kappa shape index (κ1) is 14.5. The van der Waals surface area contributed by atoms with Gasteiger partial charge in [0, 0.05) is 18.3 Å². The highest BCUT2D eigenvalue weighted by Gasteiger charge is 2.41. The Hall–Kier alpha value is -2.44. The summed E-state index contributed by atoms with van der Waals surface area (Å²) in [7, 11) is 0. The van der Waals surface area contributed by atoms with E-state index in [1.165, 1.54) is 0 Å². The molecule has 22 heavy (non-hydrogen) atoms. The molecule has 1 amide bonds. The first-order valence-electron chi connectivity index (χ1n) is 7.16. The van der Waals surface area contributed by atoms with Gasteiger partial charge in [-0.05, 0) is 38.1 Å². The highest BCUT2D eigenvalue weighted by molar-refractivity contribution is 5.73. The van der Waals surface area contributed by atoms with Gasteiger partial charge in [0.1, 0.15) is 5.60 Å². The van der Waals surface area contributed by atoms with Crippen molar-refractivity contribution in [2.45, 2.75) is 38.8 Å². The fourth-order valence-corrected chi connectivity index (χ4v) is 2.70. The number of ether oxygens (including phenoxy) is 1. The van der Waals surface area contributed by atoms with Crippen molar-refractivity contribution >= 4 is 17.6 Å². The van der Waals surface area contributed by atoms with E-state index in [-0.39, 0.29) is 18.0 Å². The fourth-order valence-electron chi connectivity index (χ4n) is 2.70. The number of hydrogen-bond donors (Lipinski definition) is 0. The molecule has 1 unspecified atom stereocenters. The molecule has 0 N–H and O–H groups in total. The Morgan fingerprint density at radius 2 is 2.18 bits per heavy atom. The Morgan fingerprint density at radius 3 is 2.68 bits per heavy atom. The van der Waals surface area contributed by atoms with Gasteiger partial charge in [0.15, 0.2) is 5.82 Å². The molecular weight excluding hydrogens is 284 g/mol. The van der Waals surface area contributed by atoms with E-state index in [1.54, 1.807) is 23.2 Å². The average Bonchev–Trinajstić information content (AvgIpc) is 3.05. The lowest BCUT2D eigenvalue weighted by atomic mass is 10.2. The standard InChI is InChI=1S/C15H18N4O3/c1-15(2,3)22-14(20)19-9-11-6-12(19)8-18(11)10-4-5-13(17-21)16-7-10/h4-5,7-8,11H,6,9H2,1-3H3. The SMILES string of the molecule is CC(C)(C)OC(=O)N1CC2CC1=CN2c1ccc(N=O)nc1. The molecule has 3 heterocycles. The monoisotopic (exact) mass is 302 g/mol. The smallest absolute Gasteiger partial charge is 0.414 e. The fraction of sp³-hybridized carbons (Fsp3) is 0.467. The Morgan fingerprint density at radius 1 is 1.41 bits per heavy atom. The first-order valence-corrected chi connectivity index (χ1v) is 7.16. The molecule has 0 spiro atoms. The van der Waals surface area contributed by atoms with Gasteiger partial charge < -0.3 is 9.64 Å². The van der Waals surface area contributed by atoms with Crippen LogP contribution in [0.25, 0.3) is 0 Å². The molecule has 1 atom stereocenters. The lowest BCUT2D eigenvalue weighted by Crippen LogP contribution is -2.41. The van der Waals surface area contributed by atoms with E-state index in [9.17, 15) is 9.70 Å². The average molecular weight is 302 g/mol. The molecular formula is C15H18N4O3. The maximum atomic E-state index is 12.2. The van der Waals surface area contributed by atoms with Gasteiger partial charge in [0.25, 0.3) is 0 Å². The maximum absolute atomic E-state index is 12.2. The number of hydrogen-bond acceptors (Lipinski definition) is 6. The van der Waals surface area contributed by atoms with Gasteiger partial charge in [-0.15, -0.1) is 4.91 Å². The predicted octanol–water partition coefficient (Wildman–Crippen LogP) is 3.15. The summed E-state index contributed by atoms with van der Waals surface area (Å²) in [5.74, 6) is 0.163. The lowest BCUT2D eigenvalue weighted by molar-refractivity contribution is 0.0331. The minimum Gasteiger partial charge on any atom is -0.443 e. The molecule has 0 aliphatic carbocycles. The number of pyridine rings is 1. The summed E-state index contributed by atoms with van der Waals surface area (Å²) >= 11 is 0. The molecule has 7 heteroatoms. The number of aromatic nitrogens is 1. The van der Waals surface area contributed by atoms with E-state index in [1.807, 2.05) is 27.0 Å². The summed E-state index contributed by atoms with van der Waals surface area (Å²) in [6.07, 6.45) is 4.04. The van der Waals surface area contributed by atoms with Crippen LogP contribution in [0.2, 0.25) is 0 Å². The zero-order valence-corrected chi connectivity index (χ0v) is 12.8. The third-order valence-corrected chi connectivity index (χ3v) is 3.60. The molecule has 0 radical (unpaired) electrons. The van der Waals surface area contributed by atoms with Crippen molar-refractivity contribution < 1.29 is 9.53 Å². The van der Waals surface area contributed by atoms with Crippen LogP contribution in [0.5, 0.6) is 0 Å². The quantitative estimate of drug-likeness (QED) is 0.784. The molecule has 1 saturated heterocycles. The largest absolute Gasteiger partial charge is 0.443 e. The van der Waals surface area contributed by atoms with Crippen LogP contribution in [-0.2, 0) is 4.74 Å². The van der Waals surface area contributed by atoms with Crippen molar-refractivity contribution in [3.05, 3.63) is 35.1 Å². The summed E-state index contributed by atoms with van der Waals surface area (Å²) in [6, 6.07) is 3.57. The molecule has 1 aromatic rings. The highest BCUT2D eigenvalue weighted by atomic mass is 16.6. The number of anilines is 1. The molecule has 1 fully saturated rings. The number of likely N-dealkylation sites (tertiary alicyclic amines) is 1. The number of carbonyl (C=O) groups excluding carboxylic acids is 1. The summed E-state index contributed by atoms with van der Waals surface area (Å²) in [4.78, 5) is 30.3. The van der Waals surface area contributed by atoms with Crippen molar-refractivity contribution in [2.24, 2.45) is 5.18 Å². The van der Waals surface area contributed by atoms with Gasteiger partial charge in [-0.3, -0.25) is 4.90 Å². The van der Waals surface area contributed by atoms with Crippen LogP contribution < -0.4 is 4.90 Å². The number of fused-ring (bicyclic) bond motifs is 2. The van der Waals surface area contributed by atoms with Gasteiger partial charge in [-0.25, -0.2) is 9.78 Å². The number of nitrogens with zero attached hydrogens (tertiary/aromatic N) is 4. The minimum atomic E-state index is -0.499. The van der Waals surface area contributed by atoms with Crippen LogP contribution in [0.1, 0.15) is 27.2 Å². The molecule has 7 nitrogen and oxygen atoms in total. The summed E-state index contributed by atoms with van der Waals surface area (Å²) in [5, 5.41) is 2.79. The Bertz CT molecular complexity index is 633. The molecule has 116 valence electrons.